The molecule has 0 radical (unpaired) electrons. The molecular formula is C20H19FN2O2S. The van der Waals surface area contributed by atoms with E-state index < -0.39 is 0 Å². The van der Waals surface area contributed by atoms with Gasteiger partial charge in [0.15, 0.2) is 0 Å². The van der Waals surface area contributed by atoms with Crippen LogP contribution in [0.25, 0.3) is 10.6 Å². The Morgan fingerprint density at radius 1 is 1.19 bits per heavy atom. The molecule has 0 saturated heterocycles. The van der Waals surface area contributed by atoms with E-state index in [4.69, 9.17) is 4.74 Å². The Balaban J connectivity index is 1.49. The predicted molar refractivity (Wildman–Crippen MR) is 101 cm³/mol. The van der Waals surface area contributed by atoms with Crippen LogP contribution in [0.2, 0.25) is 0 Å². The van der Waals surface area contributed by atoms with Gasteiger partial charge in [0.05, 0.1) is 12.8 Å². The number of nitrogens with zero attached hydrogens (tertiary/aromatic N) is 1. The number of hydrogen-bond acceptors (Lipinski definition) is 4. The lowest BCUT2D eigenvalue weighted by Gasteiger charge is -2.06. The maximum atomic E-state index is 13.8. The van der Waals surface area contributed by atoms with E-state index in [9.17, 15) is 9.18 Å². The number of ether oxygens (including phenoxy) is 1. The van der Waals surface area contributed by atoms with Crippen molar-refractivity contribution in [3.8, 4) is 16.3 Å². The van der Waals surface area contributed by atoms with Gasteiger partial charge in [-0.1, -0.05) is 24.3 Å². The first-order valence-corrected chi connectivity index (χ1v) is 9.12. The molecule has 26 heavy (non-hydrogen) atoms. The molecule has 0 saturated carbocycles. The molecule has 0 aliphatic heterocycles. The standard InChI is InChI=1S/C20H19FN2O2S/c1-25-16-9-6-14(7-10-16)12-22-19(24)11-8-15-13-26-20(23-15)17-4-2-3-5-18(17)21/h2-7,9-10,13H,8,11-12H2,1H3,(H,22,24). The van der Waals surface area contributed by atoms with Crippen molar-refractivity contribution < 1.29 is 13.9 Å². The largest absolute Gasteiger partial charge is 0.497 e. The molecule has 0 atom stereocenters. The van der Waals surface area contributed by atoms with E-state index in [1.54, 1.807) is 25.3 Å². The normalized spacial score (nSPS) is 10.5. The van der Waals surface area contributed by atoms with Crippen LogP contribution in [-0.4, -0.2) is 18.0 Å². The Kier molecular flexibility index (Phi) is 5.96. The monoisotopic (exact) mass is 370 g/mol. The molecule has 0 bridgehead atoms. The zero-order valence-electron chi connectivity index (χ0n) is 14.4. The smallest absolute Gasteiger partial charge is 0.220 e. The first kappa shape index (κ1) is 18.1. The third-order valence-electron chi connectivity index (χ3n) is 3.91. The SMILES string of the molecule is COc1ccc(CNC(=O)CCc2csc(-c3ccccc3F)n2)cc1. The number of aromatic nitrogens is 1. The fourth-order valence-electron chi connectivity index (χ4n) is 2.45. The van der Waals surface area contributed by atoms with E-state index in [2.05, 4.69) is 10.3 Å². The highest BCUT2D eigenvalue weighted by Gasteiger charge is 2.10. The summed E-state index contributed by atoms with van der Waals surface area (Å²) in [6, 6.07) is 14.1. The fourth-order valence-corrected chi connectivity index (χ4v) is 3.33. The summed E-state index contributed by atoms with van der Waals surface area (Å²) >= 11 is 1.39. The summed E-state index contributed by atoms with van der Waals surface area (Å²) in [5.41, 5.74) is 2.30. The molecule has 0 aliphatic rings. The number of aryl methyl sites for hydroxylation is 1. The third-order valence-corrected chi connectivity index (χ3v) is 4.84. The molecule has 1 amide bonds. The van der Waals surface area contributed by atoms with Crippen LogP contribution in [0, 0.1) is 5.82 Å². The van der Waals surface area contributed by atoms with Crippen molar-refractivity contribution >= 4 is 17.2 Å². The number of hydrogen-bond donors (Lipinski definition) is 1. The molecule has 134 valence electrons. The van der Waals surface area contributed by atoms with Crippen molar-refractivity contribution in [2.24, 2.45) is 0 Å². The van der Waals surface area contributed by atoms with Crippen LogP contribution in [0.5, 0.6) is 5.75 Å². The zero-order chi connectivity index (χ0) is 18.4. The Bertz CT molecular complexity index is 878. The van der Waals surface area contributed by atoms with Crippen LogP contribution in [-0.2, 0) is 17.8 Å². The minimum atomic E-state index is -0.286. The van der Waals surface area contributed by atoms with Gasteiger partial charge in [0, 0.05) is 23.9 Å². The Morgan fingerprint density at radius 3 is 2.69 bits per heavy atom. The number of amides is 1. The number of methoxy groups -OCH3 is 1. The fraction of sp³-hybridized carbons (Fsp3) is 0.200. The molecule has 0 fully saturated rings. The molecule has 3 rings (SSSR count). The van der Waals surface area contributed by atoms with Crippen molar-refractivity contribution in [2.45, 2.75) is 19.4 Å². The molecule has 4 nitrogen and oxygen atoms in total. The van der Waals surface area contributed by atoms with Crippen molar-refractivity contribution in [1.82, 2.24) is 10.3 Å². The topological polar surface area (TPSA) is 51.2 Å². The Hall–Kier alpha value is -2.73. The minimum Gasteiger partial charge on any atom is -0.497 e. The highest BCUT2D eigenvalue weighted by atomic mass is 32.1. The average Bonchev–Trinajstić information content (AvgIpc) is 3.14. The first-order chi connectivity index (χ1) is 12.7. The minimum absolute atomic E-state index is 0.0405. The number of nitrogens with one attached hydrogen (secondary N) is 1. The molecule has 1 aromatic heterocycles. The van der Waals surface area contributed by atoms with Crippen molar-refractivity contribution in [3.63, 3.8) is 0 Å². The molecule has 2 aromatic carbocycles. The lowest BCUT2D eigenvalue weighted by molar-refractivity contribution is -0.121. The van der Waals surface area contributed by atoms with E-state index in [1.165, 1.54) is 17.4 Å². The van der Waals surface area contributed by atoms with Crippen LogP contribution in [0.1, 0.15) is 17.7 Å². The quantitative estimate of drug-likeness (QED) is 0.678. The number of rotatable bonds is 7. The lowest BCUT2D eigenvalue weighted by atomic mass is 10.2. The van der Waals surface area contributed by atoms with Gasteiger partial charge in [0.2, 0.25) is 5.91 Å². The highest BCUT2D eigenvalue weighted by Crippen LogP contribution is 2.26. The van der Waals surface area contributed by atoms with Crippen LogP contribution < -0.4 is 10.1 Å². The third kappa shape index (κ3) is 4.67. The van der Waals surface area contributed by atoms with Gasteiger partial charge >= 0.3 is 0 Å². The Labute approximate surface area is 155 Å². The average molecular weight is 370 g/mol. The summed E-state index contributed by atoms with van der Waals surface area (Å²) in [5, 5.41) is 5.40. The Morgan fingerprint density at radius 2 is 1.96 bits per heavy atom. The predicted octanol–water partition coefficient (Wildman–Crippen LogP) is 4.21. The summed E-state index contributed by atoms with van der Waals surface area (Å²) < 4.78 is 18.9. The van der Waals surface area contributed by atoms with E-state index in [0.29, 0.717) is 30.0 Å². The number of carbonyl (C=O) groups is 1. The van der Waals surface area contributed by atoms with Gasteiger partial charge in [-0.05, 0) is 36.2 Å². The summed E-state index contributed by atoms with van der Waals surface area (Å²) in [4.78, 5) is 16.5. The highest BCUT2D eigenvalue weighted by molar-refractivity contribution is 7.13. The molecule has 0 aliphatic carbocycles. The van der Waals surface area contributed by atoms with Crippen molar-refractivity contribution in [1.29, 1.82) is 0 Å². The van der Waals surface area contributed by atoms with E-state index in [0.717, 1.165) is 17.0 Å². The van der Waals surface area contributed by atoms with Crippen LogP contribution in [0.4, 0.5) is 4.39 Å². The van der Waals surface area contributed by atoms with Gasteiger partial charge in [-0.15, -0.1) is 11.3 Å². The van der Waals surface area contributed by atoms with Gasteiger partial charge in [-0.2, -0.15) is 0 Å². The van der Waals surface area contributed by atoms with Crippen LogP contribution in [0.15, 0.2) is 53.9 Å². The number of carbonyl (C=O) groups excluding carboxylic acids is 1. The number of benzene rings is 2. The second-order valence-corrected chi connectivity index (χ2v) is 6.61. The van der Waals surface area contributed by atoms with Gasteiger partial charge in [0.25, 0.3) is 0 Å². The second kappa shape index (κ2) is 8.58. The number of thiazole rings is 1. The summed E-state index contributed by atoms with van der Waals surface area (Å²) in [6.07, 6.45) is 0.871. The summed E-state index contributed by atoms with van der Waals surface area (Å²) in [5.74, 6) is 0.459. The second-order valence-electron chi connectivity index (χ2n) is 5.75. The van der Waals surface area contributed by atoms with Crippen molar-refractivity contribution in [2.75, 3.05) is 7.11 Å². The molecule has 0 spiro atoms. The van der Waals surface area contributed by atoms with Crippen LogP contribution >= 0.6 is 11.3 Å². The van der Waals surface area contributed by atoms with Gasteiger partial charge < -0.3 is 10.1 Å². The van der Waals surface area contributed by atoms with Gasteiger partial charge in [0.1, 0.15) is 16.6 Å². The first-order valence-electron chi connectivity index (χ1n) is 8.24. The summed E-state index contributed by atoms with van der Waals surface area (Å²) in [6.45, 7) is 0.473. The molecular weight excluding hydrogens is 351 g/mol. The zero-order valence-corrected chi connectivity index (χ0v) is 15.2. The van der Waals surface area contributed by atoms with Gasteiger partial charge in [-0.25, -0.2) is 9.37 Å². The molecule has 6 heteroatoms. The number of halogens is 1. The van der Waals surface area contributed by atoms with E-state index in [1.807, 2.05) is 29.6 Å². The van der Waals surface area contributed by atoms with Gasteiger partial charge in [-0.3, -0.25) is 4.79 Å². The molecule has 3 aromatic rings. The van der Waals surface area contributed by atoms with E-state index >= 15 is 0 Å². The van der Waals surface area contributed by atoms with Crippen molar-refractivity contribution in [3.05, 3.63) is 71.0 Å². The molecule has 1 N–H and O–H groups in total. The summed E-state index contributed by atoms with van der Waals surface area (Å²) in [7, 11) is 1.62. The van der Waals surface area contributed by atoms with Crippen LogP contribution in [0.3, 0.4) is 0 Å². The maximum Gasteiger partial charge on any atom is 0.220 e. The van der Waals surface area contributed by atoms with E-state index in [-0.39, 0.29) is 11.7 Å². The lowest BCUT2D eigenvalue weighted by Crippen LogP contribution is -2.23. The maximum absolute atomic E-state index is 13.8. The molecule has 1 heterocycles. The molecule has 0 unspecified atom stereocenters.